The van der Waals surface area contributed by atoms with Gasteiger partial charge in [-0.2, -0.15) is 0 Å². The number of rotatable bonds is 14. The Morgan fingerprint density at radius 1 is 0.833 bits per heavy atom. The molecule has 0 amide bonds. The predicted molar refractivity (Wildman–Crippen MR) is 165 cm³/mol. The van der Waals surface area contributed by atoms with Crippen molar-refractivity contribution in [3.05, 3.63) is 28.8 Å². The fraction of sp³-hybridized carbons (Fsp3) is 0.793. The van der Waals surface area contributed by atoms with Crippen LogP contribution in [0.5, 0.6) is 5.75 Å². The van der Waals surface area contributed by atoms with Crippen LogP contribution in [-0.2, 0) is 24.4 Å². The molecule has 0 aliphatic rings. The number of halogens is 1. The van der Waals surface area contributed by atoms with Gasteiger partial charge in [-0.25, -0.2) is 0 Å². The Morgan fingerprint density at radius 2 is 1.17 bits per heavy atom. The maximum absolute atomic E-state index is 14.7. The molecule has 0 bridgehead atoms. The molecule has 0 aromatic heterocycles. The zero-order valence-electron chi connectivity index (χ0n) is 25.0. The van der Waals surface area contributed by atoms with E-state index in [1.54, 1.807) is 0 Å². The zero-order chi connectivity index (χ0) is 28.0. The third-order valence-electron chi connectivity index (χ3n) is 7.59. The standard InChI is InChI=1S/C29H55BrO4P2/c1-12-15-18-36(30,19-16-13-2,20-17-14-3)27(35(32,33-10)34-11)23-21-24(28(4,5)6)26(31)25(22-23)29(7,8)9/h21-22,27,31H,12-20H2,1-11H3. The van der Waals surface area contributed by atoms with Crippen LogP contribution in [0.2, 0.25) is 0 Å². The first kappa shape index (κ1) is 34.1. The Morgan fingerprint density at radius 3 is 1.42 bits per heavy atom. The van der Waals surface area contributed by atoms with Gasteiger partial charge in [0, 0.05) is 0 Å². The fourth-order valence-electron chi connectivity index (χ4n) is 5.43. The van der Waals surface area contributed by atoms with Crippen molar-refractivity contribution < 1.29 is 18.7 Å². The van der Waals surface area contributed by atoms with E-state index in [2.05, 4.69) is 89.9 Å². The molecular formula is C29H55BrO4P2. The Kier molecular flexibility index (Phi) is 12.3. The molecule has 1 aromatic rings. The van der Waals surface area contributed by atoms with E-state index in [9.17, 15) is 9.67 Å². The molecule has 36 heavy (non-hydrogen) atoms. The number of hydrogen-bond donors (Lipinski definition) is 1. The normalized spacial score (nSPS) is 15.5. The molecule has 1 N–H and O–H groups in total. The molecule has 1 atom stereocenters. The molecule has 0 saturated heterocycles. The summed E-state index contributed by atoms with van der Waals surface area (Å²) in [7, 11) is -0.494. The summed E-state index contributed by atoms with van der Waals surface area (Å²) in [5.41, 5.74) is 2.18. The van der Waals surface area contributed by atoms with Gasteiger partial charge >= 0.3 is 231 Å². The van der Waals surface area contributed by atoms with E-state index in [0.29, 0.717) is 5.75 Å². The Hall–Kier alpha value is 0.0800. The summed E-state index contributed by atoms with van der Waals surface area (Å²) in [4.78, 5) is 0. The summed E-state index contributed by atoms with van der Waals surface area (Å²) in [5, 5.41) is 8.16. The average molecular weight is 610 g/mol. The molecule has 7 heteroatoms. The van der Waals surface area contributed by atoms with Crippen LogP contribution in [0.3, 0.4) is 0 Å². The molecule has 0 spiro atoms. The molecule has 4 nitrogen and oxygen atoms in total. The topological polar surface area (TPSA) is 55.8 Å². The Balaban J connectivity index is 4.30. The third-order valence-corrected chi connectivity index (χ3v) is 23.2. The van der Waals surface area contributed by atoms with Crippen LogP contribution < -0.4 is 0 Å². The third kappa shape index (κ3) is 7.59. The van der Waals surface area contributed by atoms with Crippen LogP contribution in [0.25, 0.3) is 0 Å². The van der Waals surface area contributed by atoms with Gasteiger partial charge in [-0.1, -0.05) is 0 Å². The van der Waals surface area contributed by atoms with Gasteiger partial charge in [-0.3, -0.25) is 0 Å². The number of phenolic OH excluding ortho intramolecular Hbond substituents is 1. The van der Waals surface area contributed by atoms with Crippen LogP contribution >= 0.6 is 28.4 Å². The first-order valence-electron chi connectivity index (χ1n) is 13.8. The van der Waals surface area contributed by atoms with Crippen LogP contribution in [0, 0.1) is 0 Å². The first-order valence-corrected chi connectivity index (χ1v) is 20.3. The van der Waals surface area contributed by atoms with Gasteiger partial charge in [0.2, 0.25) is 0 Å². The van der Waals surface area contributed by atoms with Crippen molar-refractivity contribution in [2.24, 2.45) is 0 Å². The monoisotopic (exact) mass is 608 g/mol. The van der Waals surface area contributed by atoms with Gasteiger partial charge < -0.3 is 0 Å². The SMILES string of the molecule is CCCCP(Br)(CCCC)(CCCC)C(c1cc(C(C)(C)C)c(O)c(C(C)(C)C)c1)P(=O)(OC)OC. The molecule has 1 rings (SSSR count). The van der Waals surface area contributed by atoms with Crippen molar-refractivity contribution in [3.63, 3.8) is 0 Å². The number of benzene rings is 1. The van der Waals surface area contributed by atoms with E-state index in [1.807, 2.05) is 0 Å². The number of unbranched alkanes of at least 4 members (excludes halogenated alkanes) is 3. The second kappa shape index (κ2) is 13.0. The van der Waals surface area contributed by atoms with E-state index in [1.165, 1.54) is 14.2 Å². The van der Waals surface area contributed by atoms with E-state index < -0.39 is 18.3 Å². The maximum atomic E-state index is 14.7. The minimum absolute atomic E-state index is 0.284. The second-order valence-electron chi connectivity index (χ2n) is 12.6. The van der Waals surface area contributed by atoms with E-state index in [-0.39, 0.29) is 10.8 Å². The molecule has 0 fully saturated rings. The van der Waals surface area contributed by atoms with Gasteiger partial charge in [-0.05, 0) is 0 Å². The van der Waals surface area contributed by atoms with Crippen molar-refractivity contribution in [1.29, 1.82) is 0 Å². The van der Waals surface area contributed by atoms with Crippen molar-refractivity contribution in [1.82, 2.24) is 0 Å². The van der Waals surface area contributed by atoms with E-state index in [0.717, 1.165) is 73.7 Å². The quantitative estimate of drug-likeness (QED) is 0.213. The van der Waals surface area contributed by atoms with E-state index >= 15 is 0 Å². The van der Waals surface area contributed by atoms with Crippen molar-refractivity contribution in [3.8, 4) is 5.75 Å². The number of phenols is 1. The Labute approximate surface area is 230 Å². The van der Waals surface area contributed by atoms with Crippen molar-refractivity contribution in [2.75, 3.05) is 32.7 Å². The second-order valence-corrected chi connectivity index (χ2v) is 26.3. The molecule has 0 radical (unpaired) electrons. The molecule has 1 aromatic carbocycles. The zero-order valence-corrected chi connectivity index (χ0v) is 28.4. The summed E-state index contributed by atoms with van der Waals surface area (Å²) in [5.74, 6) is 0.340. The van der Waals surface area contributed by atoms with Crippen LogP contribution in [0.15, 0.2) is 12.1 Å². The van der Waals surface area contributed by atoms with Crippen molar-refractivity contribution >= 4 is 28.4 Å². The van der Waals surface area contributed by atoms with Gasteiger partial charge in [0.1, 0.15) is 0 Å². The van der Waals surface area contributed by atoms with Crippen LogP contribution in [0.1, 0.15) is 123 Å². The molecular weight excluding hydrogens is 554 g/mol. The van der Waals surface area contributed by atoms with Gasteiger partial charge in [0.25, 0.3) is 0 Å². The molecule has 0 aliphatic heterocycles. The van der Waals surface area contributed by atoms with Crippen LogP contribution in [-0.4, -0.2) is 37.8 Å². The first-order chi connectivity index (χ1) is 16.5. The number of aromatic hydroxyl groups is 1. The van der Waals surface area contributed by atoms with E-state index in [4.69, 9.17) is 9.05 Å². The van der Waals surface area contributed by atoms with Crippen LogP contribution in [0.4, 0.5) is 0 Å². The summed E-state index contributed by atoms with van der Waals surface area (Å²) >= 11 is 4.52. The van der Waals surface area contributed by atoms with Gasteiger partial charge in [0.15, 0.2) is 0 Å². The Bertz CT molecular complexity index is 834. The summed E-state index contributed by atoms with van der Waals surface area (Å²) in [6.45, 7) is 19.4. The minimum atomic E-state index is -3.55. The summed E-state index contributed by atoms with van der Waals surface area (Å²) in [6.07, 6.45) is 9.43. The molecule has 0 heterocycles. The molecule has 0 saturated carbocycles. The number of hydrogen-bond acceptors (Lipinski definition) is 4. The average Bonchev–Trinajstić information content (AvgIpc) is 2.80. The van der Waals surface area contributed by atoms with Gasteiger partial charge in [-0.15, -0.1) is 0 Å². The fourth-order valence-corrected chi connectivity index (χ4v) is 21.4. The van der Waals surface area contributed by atoms with Gasteiger partial charge in [0.05, 0.1) is 0 Å². The molecule has 0 aliphatic carbocycles. The van der Waals surface area contributed by atoms with Crippen molar-refractivity contribution in [2.45, 2.75) is 117 Å². The molecule has 212 valence electrons. The summed E-state index contributed by atoms with van der Waals surface area (Å²) < 4.78 is 26.4. The molecule has 1 unspecified atom stereocenters. The summed E-state index contributed by atoms with van der Waals surface area (Å²) in [6, 6.07) is 4.21. The predicted octanol–water partition coefficient (Wildman–Crippen LogP) is 10.7.